The molecule has 0 fully saturated rings. The predicted octanol–water partition coefficient (Wildman–Crippen LogP) is 2.75. The zero-order chi connectivity index (χ0) is 12.7. The van der Waals surface area contributed by atoms with Crippen molar-refractivity contribution in [3.8, 4) is 17.3 Å². The fraction of sp³-hybridized carbons (Fsp3) is 0.143. The molecule has 0 atom stereocenters. The van der Waals surface area contributed by atoms with Crippen molar-refractivity contribution in [1.29, 1.82) is 5.26 Å². The monoisotopic (exact) mass is 236 g/mol. The summed E-state index contributed by atoms with van der Waals surface area (Å²) in [4.78, 5) is 7.30. The molecule has 0 radical (unpaired) electrons. The molecule has 0 bridgehead atoms. The Morgan fingerprint density at radius 1 is 1.33 bits per heavy atom. The first-order valence-corrected chi connectivity index (χ1v) is 5.70. The topological polar surface area (TPSA) is 57.4 Å². The molecule has 0 unspecified atom stereocenters. The highest BCUT2D eigenvalue weighted by Gasteiger charge is 2.10. The van der Waals surface area contributed by atoms with Gasteiger partial charge in [-0.25, -0.2) is 4.98 Å². The number of nitriles is 1. The third-order valence-corrected chi connectivity index (χ3v) is 3.37. The van der Waals surface area contributed by atoms with Gasteiger partial charge in [-0.3, -0.25) is 0 Å². The van der Waals surface area contributed by atoms with Crippen LogP contribution >= 0.6 is 0 Å². The average molecular weight is 236 g/mol. The number of nitrogens with one attached hydrogen (secondary N) is 1. The van der Waals surface area contributed by atoms with E-state index < -0.39 is 0 Å². The van der Waals surface area contributed by atoms with Gasteiger partial charge in [0.25, 0.3) is 0 Å². The predicted molar refractivity (Wildman–Crippen MR) is 70.0 cm³/mol. The number of benzene rings is 1. The second kappa shape index (κ2) is 3.74. The minimum Gasteiger partial charge on any atom is -0.347 e. The highest BCUT2D eigenvalue weighted by atomic mass is 15.0. The molecule has 0 aliphatic heterocycles. The van der Waals surface area contributed by atoms with Crippen LogP contribution in [0.4, 0.5) is 0 Å². The van der Waals surface area contributed by atoms with E-state index in [1.165, 1.54) is 0 Å². The molecule has 0 amide bonds. The van der Waals surface area contributed by atoms with E-state index in [-0.39, 0.29) is 0 Å². The SMILES string of the molecule is Cc1c(C#N)cc(-c2ccc3nc[nH]c3c2)n1C. The van der Waals surface area contributed by atoms with Crippen molar-refractivity contribution >= 4 is 11.0 Å². The molecule has 0 saturated carbocycles. The molecule has 1 N–H and O–H groups in total. The quantitative estimate of drug-likeness (QED) is 0.706. The summed E-state index contributed by atoms with van der Waals surface area (Å²) in [7, 11) is 1.97. The maximum atomic E-state index is 9.06. The number of H-pyrrole nitrogens is 1. The third-order valence-electron chi connectivity index (χ3n) is 3.37. The first kappa shape index (κ1) is 10.6. The van der Waals surface area contributed by atoms with Gasteiger partial charge in [0.2, 0.25) is 0 Å². The van der Waals surface area contributed by atoms with Gasteiger partial charge in [-0.1, -0.05) is 6.07 Å². The van der Waals surface area contributed by atoms with Crippen LogP contribution < -0.4 is 0 Å². The van der Waals surface area contributed by atoms with Crippen LogP contribution in [0.5, 0.6) is 0 Å². The molecule has 1 aromatic carbocycles. The second-order valence-electron chi connectivity index (χ2n) is 4.33. The van der Waals surface area contributed by atoms with Crippen LogP contribution in [-0.2, 0) is 7.05 Å². The van der Waals surface area contributed by atoms with Gasteiger partial charge in [0.15, 0.2) is 0 Å². The summed E-state index contributed by atoms with van der Waals surface area (Å²) in [5.74, 6) is 0. The molecular weight excluding hydrogens is 224 g/mol. The van der Waals surface area contributed by atoms with Crippen LogP contribution in [0.25, 0.3) is 22.3 Å². The standard InChI is InChI=1S/C14H12N4/c1-9-11(7-15)6-14(18(9)2)10-3-4-12-13(5-10)17-8-16-12/h3-6,8H,1-2H3,(H,16,17). The number of hydrogen-bond donors (Lipinski definition) is 1. The summed E-state index contributed by atoms with van der Waals surface area (Å²) in [6, 6.07) is 10.2. The van der Waals surface area contributed by atoms with Crippen molar-refractivity contribution in [2.75, 3.05) is 0 Å². The van der Waals surface area contributed by atoms with E-state index in [1.54, 1.807) is 6.33 Å². The van der Waals surface area contributed by atoms with Crippen LogP contribution in [0.1, 0.15) is 11.3 Å². The number of imidazole rings is 1. The summed E-state index contributed by atoms with van der Waals surface area (Å²) in [5.41, 5.74) is 5.78. The first-order chi connectivity index (χ1) is 8.70. The molecule has 3 rings (SSSR count). The molecule has 4 heteroatoms. The highest BCUT2D eigenvalue weighted by Crippen LogP contribution is 2.26. The van der Waals surface area contributed by atoms with Gasteiger partial charge in [0.1, 0.15) is 6.07 Å². The van der Waals surface area contributed by atoms with Gasteiger partial charge in [0, 0.05) is 24.0 Å². The first-order valence-electron chi connectivity index (χ1n) is 5.70. The average Bonchev–Trinajstić information content (AvgIpc) is 2.95. The Morgan fingerprint density at radius 3 is 2.89 bits per heavy atom. The Balaban J connectivity index is 2.22. The van der Waals surface area contributed by atoms with Gasteiger partial charge in [-0.2, -0.15) is 5.26 Å². The van der Waals surface area contributed by atoms with Crippen LogP contribution in [0.2, 0.25) is 0 Å². The molecular formula is C14H12N4. The zero-order valence-corrected chi connectivity index (χ0v) is 10.2. The van der Waals surface area contributed by atoms with Crippen LogP contribution in [0, 0.1) is 18.3 Å². The summed E-state index contributed by atoms with van der Waals surface area (Å²) >= 11 is 0. The Hall–Kier alpha value is -2.54. The van der Waals surface area contributed by atoms with Crippen molar-refractivity contribution in [3.05, 3.63) is 41.9 Å². The summed E-state index contributed by atoms with van der Waals surface area (Å²) < 4.78 is 2.04. The lowest BCUT2D eigenvalue weighted by Gasteiger charge is -2.05. The van der Waals surface area contributed by atoms with E-state index in [0.717, 1.165) is 33.5 Å². The largest absolute Gasteiger partial charge is 0.347 e. The Labute approximate surface area is 105 Å². The Bertz CT molecular complexity index is 771. The molecule has 0 saturated heterocycles. The lowest BCUT2D eigenvalue weighted by molar-refractivity contribution is 0.889. The Kier molecular flexibility index (Phi) is 2.20. The van der Waals surface area contributed by atoms with Gasteiger partial charge >= 0.3 is 0 Å². The van der Waals surface area contributed by atoms with Crippen molar-refractivity contribution < 1.29 is 0 Å². The molecule has 4 nitrogen and oxygen atoms in total. The smallest absolute Gasteiger partial charge is 0.101 e. The van der Waals surface area contributed by atoms with E-state index in [4.69, 9.17) is 5.26 Å². The van der Waals surface area contributed by atoms with Crippen molar-refractivity contribution in [3.63, 3.8) is 0 Å². The van der Waals surface area contributed by atoms with Gasteiger partial charge < -0.3 is 9.55 Å². The van der Waals surface area contributed by atoms with E-state index in [9.17, 15) is 0 Å². The number of fused-ring (bicyclic) bond motifs is 1. The number of rotatable bonds is 1. The van der Waals surface area contributed by atoms with Crippen molar-refractivity contribution in [1.82, 2.24) is 14.5 Å². The van der Waals surface area contributed by atoms with Gasteiger partial charge in [-0.05, 0) is 25.1 Å². The summed E-state index contributed by atoms with van der Waals surface area (Å²) in [6.45, 7) is 1.96. The fourth-order valence-electron chi connectivity index (χ4n) is 2.18. The molecule has 3 aromatic rings. The molecule has 18 heavy (non-hydrogen) atoms. The van der Waals surface area contributed by atoms with Crippen molar-refractivity contribution in [2.45, 2.75) is 6.92 Å². The number of aromatic amines is 1. The maximum absolute atomic E-state index is 9.06. The van der Waals surface area contributed by atoms with Gasteiger partial charge in [0.05, 0.1) is 22.9 Å². The van der Waals surface area contributed by atoms with E-state index in [0.29, 0.717) is 0 Å². The van der Waals surface area contributed by atoms with Gasteiger partial charge in [-0.15, -0.1) is 0 Å². The zero-order valence-electron chi connectivity index (χ0n) is 10.2. The van der Waals surface area contributed by atoms with E-state index in [2.05, 4.69) is 22.1 Å². The minimum atomic E-state index is 0.720. The minimum absolute atomic E-state index is 0.720. The molecule has 0 spiro atoms. The van der Waals surface area contributed by atoms with E-state index >= 15 is 0 Å². The number of nitrogens with zero attached hydrogens (tertiary/aromatic N) is 3. The normalized spacial score (nSPS) is 10.7. The molecule has 2 heterocycles. The van der Waals surface area contributed by atoms with E-state index in [1.807, 2.05) is 36.7 Å². The molecule has 0 aliphatic rings. The van der Waals surface area contributed by atoms with Crippen LogP contribution in [-0.4, -0.2) is 14.5 Å². The number of aromatic nitrogens is 3. The number of hydrogen-bond acceptors (Lipinski definition) is 2. The molecule has 2 aromatic heterocycles. The van der Waals surface area contributed by atoms with Crippen LogP contribution in [0.15, 0.2) is 30.6 Å². The maximum Gasteiger partial charge on any atom is 0.101 e. The molecule has 88 valence electrons. The summed E-state index contributed by atoms with van der Waals surface area (Å²) in [6.07, 6.45) is 1.69. The van der Waals surface area contributed by atoms with Crippen molar-refractivity contribution in [2.24, 2.45) is 7.05 Å². The third kappa shape index (κ3) is 1.41. The second-order valence-corrected chi connectivity index (χ2v) is 4.33. The van der Waals surface area contributed by atoms with Crippen LogP contribution in [0.3, 0.4) is 0 Å². The lowest BCUT2D eigenvalue weighted by atomic mass is 10.1. The lowest BCUT2D eigenvalue weighted by Crippen LogP contribution is -1.94. The summed E-state index contributed by atoms with van der Waals surface area (Å²) in [5, 5.41) is 9.06. The Morgan fingerprint density at radius 2 is 2.17 bits per heavy atom. The fourth-order valence-corrected chi connectivity index (χ4v) is 2.18. The molecule has 0 aliphatic carbocycles. The highest BCUT2D eigenvalue weighted by molar-refractivity contribution is 5.81.